The molecule has 1 N–H and O–H groups in total. The summed E-state index contributed by atoms with van der Waals surface area (Å²) >= 11 is 6.64. The van der Waals surface area contributed by atoms with E-state index in [1.165, 1.54) is 4.90 Å². The van der Waals surface area contributed by atoms with Gasteiger partial charge >= 0.3 is 5.97 Å². The Bertz CT molecular complexity index is 520. The van der Waals surface area contributed by atoms with Crippen LogP contribution in [-0.2, 0) is 9.53 Å². The van der Waals surface area contributed by atoms with Crippen LogP contribution in [0, 0.1) is 0 Å². The zero-order valence-corrected chi connectivity index (χ0v) is 13.0. The predicted molar refractivity (Wildman–Crippen MR) is 75.1 cm³/mol. The number of amides is 1. The van der Waals surface area contributed by atoms with Crippen LogP contribution in [0.3, 0.4) is 0 Å². The second-order valence-corrected chi connectivity index (χ2v) is 5.84. The molecule has 0 radical (unpaired) electrons. The van der Waals surface area contributed by atoms with E-state index < -0.39 is 12.1 Å². The van der Waals surface area contributed by atoms with Gasteiger partial charge in [0.2, 0.25) is 0 Å². The van der Waals surface area contributed by atoms with Crippen molar-refractivity contribution >= 4 is 43.7 Å². The van der Waals surface area contributed by atoms with Crippen molar-refractivity contribution in [3.63, 3.8) is 0 Å². The first-order valence-electron chi connectivity index (χ1n) is 5.58. The van der Waals surface area contributed by atoms with E-state index >= 15 is 0 Å². The summed E-state index contributed by atoms with van der Waals surface area (Å²) in [4.78, 5) is 24.8. The number of benzene rings is 1. The number of carbonyl (C=O) groups is 2. The molecule has 102 valence electrons. The van der Waals surface area contributed by atoms with Crippen molar-refractivity contribution in [3.8, 4) is 0 Å². The maximum atomic E-state index is 12.4. The second kappa shape index (κ2) is 6.02. The molecule has 1 aliphatic rings. The average molecular weight is 393 g/mol. The Balaban J connectivity index is 2.19. The highest BCUT2D eigenvalue weighted by Gasteiger charge is 2.30. The summed E-state index contributed by atoms with van der Waals surface area (Å²) in [6.45, 7) is 0.684. The maximum absolute atomic E-state index is 12.4. The molecule has 1 aromatic carbocycles. The molecular formula is C12H11Br2NO4. The van der Waals surface area contributed by atoms with E-state index in [9.17, 15) is 9.59 Å². The fourth-order valence-corrected chi connectivity index (χ4v) is 2.59. The zero-order valence-electron chi connectivity index (χ0n) is 9.81. The van der Waals surface area contributed by atoms with E-state index in [1.54, 1.807) is 12.1 Å². The topological polar surface area (TPSA) is 66.8 Å². The van der Waals surface area contributed by atoms with Gasteiger partial charge in [0, 0.05) is 15.5 Å². The number of carbonyl (C=O) groups excluding carboxylic acids is 1. The van der Waals surface area contributed by atoms with Gasteiger partial charge in [-0.15, -0.1) is 0 Å². The van der Waals surface area contributed by atoms with Crippen LogP contribution >= 0.6 is 31.9 Å². The summed E-state index contributed by atoms with van der Waals surface area (Å²) in [5, 5.41) is 8.93. The van der Waals surface area contributed by atoms with E-state index in [0.717, 1.165) is 4.47 Å². The smallest absolute Gasteiger partial charge is 0.334 e. The molecule has 0 saturated carbocycles. The number of hydrogen-bond acceptors (Lipinski definition) is 3. The quantitative estimate of drug-likeness (QED) is 0.837. The van der Waals surface area contributed by atoms with Crippen LogP contribution in [0.15, 0.2) is 27.1 Å². The Morgan fingerprint density at radius 1 is 1.37 bits per heavy atom. The second-order valence-electron chi connectivity index (χ2n) is 4.07. The Labute approximate surface area is 126 Å². The number of morpholine rings is 1. The third kappa shape index (κ3) is 3.34. The molecule has 1 saturated heterocycles. The lowest BCUT2D eigenvalue weighted by molar-refractivity contribution is -0.154. The fraction of sp³-hybridized carbons (Fsp3) is 0.333. The Hall–Kier alpha value is -0.920. The first-order valence-corrected chi connectivity index (χ1v) is 7.16. The summed E-state index contributed by atoms with van der Waals surface area (Å²) < 4.78 is 6.57. The van der Waals surface area contributed by atoms with Crippen molar-refractivity contribution in [2.24, 2.45) is 0 Å². The molecule has 1 aromatic rings. The molecule has 1 heterocycles. The lowest BCUT2D eigenvalue weighted by atomic mass is 10.1. The van der Waals surface area contributed by atoms with Gasteiger partial charge in [0.05, 0.1) is 18.7 Å². The van der Waals surface area contributed by atoms with Crippen LogP contribution in [0.5, 0.6) is 0 Å². The summed E-state index contributed by atoms with van der Waals surface area (Å²) in [5.74, 6) is -1.26. The molecule has 0 aromatic heterocycles. The molecular weight excluding hydrogens is 382 g/mol. The number of halogens is 2. The van der Waals surface area contributed by atoms with Gasteiger partial charge in [-0.1, -0.05) is 15.9 Å². The number of carboxylic acids is 1. The first kappa shape index (κ1) is 14.5. The summed E-state index contributed by atoms with van der Waals surface area (Å²) in [5.41, 5.74) is 0.500. The minimum Gasteiger partial charge on any atom is -0.479 e. The van der Waals surface area contributed by atoms with E-state index in [-0.39, 0.29) is 19.1 Å². The summed E-state index contributed by atoms with van der Waals surface area (Å²) in [6, 6.07) is 5.30. The number of hydrogen-bond donors (Lipinski definition) is 1. The highest BCUT2D eigenvalue weighted by Crippen LogP contribution is 2.23. The van der Waals surface area contributed by atoms with Crippen molar-refractivity contribution in [1.29, 1.82) is 0 Å². The van der Waals surface area contributed by atoms with Crippen LogP contribution < -0.4 is 0 Å². The van der Waals surface area contributed by atoms with E-state index in [2.05, 4.69) is 31.9 Å². The minimum atomic E-state index is -1.05. The molecule has 1 atom stereocenters. The van der Waals surface area contributed by atoms with Crippen LogP contribution in [0.1, 0.15) is 10.4 Å². The largest absolute Gasteiger partial charge is 0.479 e. The Morgan fingerprint density at radius 2 is 2.11 bits per heavy atom. The minimum absolute atomic E-state index is 0.0626. The summed E-state index contributed by atoms with van der Waals surface area (Å²) in [7, 11) is 0. The Morgan fingerprint density at radius 3 is 2.79 bits per heavy atom. The van der Waals surface area contributed by atoms with E-state index in [1.807, 2.05) is 6.07 Å². The van der Waals surface area contributed by atoms with Crippen molar-refractivity contribution in [2.75, 3.05) is 19.7 Å². The SMILES string of the molecule is O=C(O)C1CN(C(=O)c2cc(Br)ccc2Br)CCO1. The third-order valence-corrected chi connectivity index (χ3v) is 3.97. The normalized spacial score (nSPS) is 19.3. The van der Waals surface area contributed by atoms with Gasteiger partial charge in [0.25, 0.3) is 5.91 Å². The third-order valence-electron chi connectivity index (χ3n) is 2.79. The lowest BCUT2D eigenvalue weighted by Crippen LogP contribution is -2.48. The van der Waals surface area contributed by atoms with Crippen LogP contribution in [0.2, 0.25) is 0 Å². The maximum Gasteiger partial charge on any atom is 0.334 e. The van der Waals surface area contributed by atoms with E-state index in [0.29, 0.717) is 16.6 Å². The zero-order chi connectivity index (χ0) is 14.0. The number of carboxylic acid groups (broad SMARTS) is 1. The summed E-state index contributed by atoms with van der Waals surface area (Å²) in [6.07, 6.45) is -0.955. The molecule has 1 unspecified atom stereocenters. The number of aliphatic carboxylic acids is 1. The molecule has 1 amide bonds. The molecule has 19 heavy (non-hydrogen) atoms. The van der Waals surface area contributed by atoms with Gasteiger partial charge < -0.3 is 14.7 Å². The molecule has 5 nitrogen and oxygen atoms in total. The van der Waals surface area contributed by atoms with Gasteiger partial charge in [-0.05, 0) is 34.1 Å². The fourth-order valence-electron chi connectivity index (χ4n) is 1.81. The molecule has 0 bridgehead atoms. The highest BCUT2D eigenvalue weighted by atomic mass is 79.9. The van der Waals surface area contributed by atoms with Gasteiger partial charge in [-0.3, -0.25) is 4.79 Å². The van der Waals surface area contributed by atoms with Crippen LogP contribution in [0.25, 0.3) is 0 Å². The van der Waals surface area contributed by atoms with Crippen LogP contribution in [0.4, 0.5) is 0 Å². The number of rotatable bonds is 2. The molecule has 1 aliphatic heterocycles. The van der Waals surface area contributed by atoms with Gasteiger partial charge in [0.1, 0.15) is 0 Å². The van der Waals surface area contributed by atoms with Crippen molar-refractivity contribution in [3.05, 3.63) is 32.7 Å². The van der Waals surface area contributed by atoms with Crippen LogP contribution in [-0.4, -0.2) is 47.7 Å². The lowest BCUT2D eigenvalue weighted by Gasteiger charge is -2.31. The molecule has 2 rings (SSSR count). The van der Waals surface area contributed by atoms with Crippen molar-refractivity contribution in [1.82, 2.24) is 4.90 Å². The Kier molecular flexibility index (Phi) is 4.59. The molecule has 0 spiro atoms. The van der Waals surface area contributed by atoms with Gasteiger partial charge in [0.15, 0.2) is 6.10 Å². The molecule has 1 fully saturated rings. The average Bonchev–Trinajstić information content (AvgIpc) is 2.41. The van der Waals surface area contributed by atoms with Crippen molar-refractivity contribution in [2.45, 2.75) is 6.10 Å². The van der Waals surface area contributed by atoms with Crippen molar-refractivity contribution < 1.29 is 19.4 Å². The number of nitrogens with zero attached hydrogens (tertiary/aromatic N) is 1. The highest BCUT2D eigenvalue weighted by molar-refractivity contribution is 9.11. The van der Waals surface area contributed by atoms with Gasteiger partial charge in [-0.25, -0.2) is 4.79 Å². The van der Waals surface area contributed by atoms with Gasteiger partial charge in [-0.2, -0.15) is 0 Å². The first-order chi connectivity index (χ1) is 8.99. The molecule has 7 heteroatoms. The number of ether oxygens (including phenoxy) is 1. The molecule has 0 aliphatic carbocycles. The standard InChI is InChI=1S/C12H11Br2NO4/c13-7-1-2-9(14)8(5-7)11(16)15-3-4-19-10(6-15)12(17)18/h1-2,5,10H,3-4,6H2,(H,17,18). The monoisotopic (exact) mass is 391 g/mol. The van der Waals surface area contributed by atoms with E-state index in [4.69, 9.17) is 9.84 Å². The predicted octanol–water partition coefficient (Wildman–Crippen LogP) is 2.14.